The highest BCUT2D eigenvalue weighted by Gasteiger charge is 2.19. The second kappa shape index (κ2) is 10.2. The summed E-state index contributed by atoms with van der Waals surface area (Å²) in [5.74, 6) is 1.69. The average Bonchev–Trinajstić information content (AvgIpc) is 3.16. The Morgan fingerprint density at radius 1 is 1.03 bits per heavy atom. The average molecular weight is 416 g/mol. The Kier molecular flexibility index (Phi) is 7.20. The van der Waals surface area contributed by atoms with Crippen LogP contribution in [0.3, 0.4) is 0 Å². The van der Waals surface area contributed by atoms with Gasteiger partial charge in [-0.3, -0.25) is 4.90 Å². The van der Waals surface area contributed by atoms with Crippen molar-refractivity contribution in [3.8, 4) is 22.6 Å². The fourth-order valence-corrected chi connectivity index (χ4v) is 4.04. The molecule has 4 rings (SSSR count). The summed E-state index contributed by atoms with van der Waals surface area (Å²) >= 11 is 0. The maximum Gasteiger partial charge on any atom is 0.126 e. The van der Waals surface area contributed by atoms with Crippen molar-refractivity contribution in [1.82, 2.24) is 4.90 Å². The molecule has 0 bridgehead atoms. The van der Waals surface area contributed by atoms with Gasteiger partial charge in [-0.1, -0.05) is 6.07 Å². The first-order chi connectivity index (χ1) is 14.7. The van der Waals surface area contributed by atoms with Crippen molar-refractivity contribution in [2.24, 2.45) is 5.92 Å². The van der Waals surface area contributed by atoms with E-state index in [1.807, 2.05) is 12.1 Å². The molecule has 162 valence electrons. The van der Waals surface area contributed by atoms with Gasteiger partial charge in [0.05, 0.1) is 26.9 Å². The van der Waals surface area contributed by atoms with Crippen LogP contribution < -0.4 is 9.47 Å². The summed E-state index contributed by atoms with van der Waals surface area (Å²) in [5, 5.41) is 0. The third-order valence-electron chi connectivity index (χ3n) is 5.74. The Morgan fingerprint density at radius 2 is 1.93 bits per heavy atom. The van der Waals surface area contributed by atoms with Gasteiger partial charge < -0.3 is 18.9 Å². The summed E-state index contributed by atoms with van der Waals surface area (Å²) in [6.45, 7) is 6.43. The molecular formula is C24H30FNO4. The van der Waals surface area contributed by atoms with Gasteiger partial charge in [0.2, 0.25) is 0 Å². The van der Waals surface area contributed by atoms with Crippen LogP contribution in [0.1, 0.15) is 18.4 Å². The van der Waals surface area contributed by atoms with E-state index in [0.29, 0.717) is 18.3 Å². The van der Waals surface area contributed by atoms with E-state index >= 15 is 0 Å². The predicted octanol–water partition coefficient (Wildman–Crippen LogP) is 4.14. The van der Waals surface area contributed by atoms with Crippen molar-refractivity contribution in [3.63, 3.8) is 0 Å². The SMILES string of the molecule is COc1ccc(F)cc1-c1ccc(OCC2CCOC2)c(CN2CCCOCC2)c1. The van der Waals surface area contributed by atoms with E-state index in [1.165, 1.54) is 12.1 Å². The van der Waals surface area contributed by atoms with Gasteiger partial charge in [0.1, 0.15) is 17.3 Å². The summed E-state index contributed by atoms with van der Waals surface area (Å²) in [4.78, 5) is 2.39. The van der Waals surface area contributed by atoms with Crippen LogP contribution in [0.2, 0.25) is 0 Å². The van der Waals surface area contributed by atoms with Gasteiger partial charge >= 0.3 is 0 Å². The van der Waals surface area contributed by atoms with E-state index in [9.17, 15) is 4.39 Å². The monoisotopic (exact) mass is 415 g/mol. The zero-order valence-corrected chi connectivity index (χ0v) is 17.6. The lowest BCUT2D eigenvalue weighted by Crippen LogP contribution is -2.26. The Bertz CT molecular complexity index is 830. The first kappa shape index (κ1) is 21.1. The maximum absolute atomic E-state index is 13.9. The molecule has 0 aromatic heterocycles. The topological polar surface area (TPSA) is 40.2 Å². The molecule has 2 heterocycles. The second-order valence-electron chi connectivity index (χ2n) is 7.95. The van der Waals surface area contributed by atoms with E-state index in [2.05, 4.69) is 11.0 Å². The molecule has 0 N–H and O–H groups in total. The van der Waals surface area contributed by atoms with Gasteiger partial charge in [0.15, 0.2) is 0 Å². The molecule has 2 saturated heterocycles. The lowest BCUT2D eigenvalue weighted by atomic mass is 10.0. The molecule has 0 radical (unpaired) electrons. The maximum atomic E-state index is 13.9. The first-order valence-electron chi connectivity index (χ1n) is 10.7. The summed E-state index contributed by atoms with van der Waals surface area (Å²) in [6, 6.07) is 10.7. The molecule has 0 aliphatic carbocycles. The lowest BCUT2D eigenvalue weighted by molar-refractivity contribution is 0.140. The molecule has 2 aliphatic heterocycles. The standard InChI is InChI=1S/C24H30FNO4/c1-27-24-6-4-21(25)14-22(24)19-3-5-23(30-17-18-7-11-29-16-18)20(13-19)15-26-8-2-10-28-12-9-26/h3-6,13-14,18H,2,7-12,15-17H2,1H3. The molecule has 30 heavy (non-hydrogen) atoms. The highest BCUT2D eigenvalue weighted by molar-refractivity contribution is 5.72. The predicted molar refractivity (Wildman–Crippen MR) is 114 cm³/mol. The number of rotatable bonds is 7. The van der Waals surface area contributed by atoms with Gasteiger partial charge in [-0.15, -0.1) is 0 Å². The molecule has 1 atom stereocenters. The van der Waals surface area contributed by atoms with Crippen molar-refractivity contribution >= 4 is 0 Å². The van der Waals surface area contributed by atoms with Crippen molar-refractivity contribution in [2.75, 3.05) is 53.2 Å². The quantitative estimate of drug-likeness (QED) is 0.680. The largest absolute Gasteiger partial charge is 0.496 e. The molecule has 2 fully saturated rings. The van der Waals surface area contributed by atoms with Crippen molar-refractivity contribution in [1.29, 1.82) is 0 Å². The van der Waals surface area contributed by atoms with Crippen LogP contribution in [0.15, 0.2) is 36.4 Å². The summed E-state index contributed by atoms with van der Waals surface area (Å²) < 4.78 is 36.7. The van der Waals surface area contributed by atoms with Gasteiger partial charge in [-0.2, -0.15) is 0 Å². The van der Waals surface area contributed by atoms with Crippen LogP contribution in [-0.2, 0) is 16.0 Å². The zero-order chi connectivity index (χ0) is 20.8. The van der Waals surface area contributed by atoms with Gasteiger partial charge in [0.25, 0.3) is 0 Å². The molecule has 2 aliphatic rings. The Balaban J connectivity index is 1.61. The van der Waals surface area contributed by atoms with E-state index in [-0.39, 0.29) is 5.82 Å². The molecule has 6 heteroatoms. The van der Waals surface area contributed by atoms with Crippen LogP contribution in [0, 0.1) is 11.7 Å². The van der Waals surface area contributed by atoms with Crippen molar-refractivity contribution < 1.29 is 23.3 Å². The molecule has 2 aromatic carbocycles. The minimum Gasteiger partial charge on any atom is -0.496 e. The fourth-order valence-electron chi connectivity index (χ4n) is 4.04. The molecular weight excluding hydrogens is 385 g/mol. The number of nitrogens with zero attached hydrogens (tertiary/aromatic N) is 1. The van der Waals surface area contributed by atoms with Gasteiger partial charge in [-0.05, 0) is 48.7 Å². The number of ether oxygens (including phenoxy) is 4. The third-order valence-corrected chi connectivity index (χ3v) is 5.74. The van der Waals surface area contributed by atoms with Gasteiger partial charge in [0, 0.05) is 49.9 Å². The number of hydrogen-bond donors (Lipinski definition) is 0. The highest BCUT2D eigenvalue weighted by atomic mass is 19.1. The Labute approximate surface area is 177 Å². The first-order valence-corrected chi connectivity index (χ1v) is 10.7. The summed E-state index contributed by atoms with van der Waals surface area (Å²) in [5.41, 5.74) is 2.76. The smallest absolute Gasteiger partial charge is 0.126 e. The minimum atomic E-state index is -0.279. The third kappa shape index (κ3) is 5.31. The molecule has 0 saturated carbocycles. The van der Waals surface area contributed by atoms with Gasteiger partial charge in [-0.25, -0.2) is 4.39 Å². The van der Waals surface area contributed by atoms with Crippen LogP contribution >= 0.6 is 0 Å². The second-order valence-corrected chi connectivity index (χ2v) is 7.95. The highest BCUT2D eigenvalue weighted by Crippen LogP contribution is 2.34. The van der Waals surface area contributed by atoms with Crippen LogP contribution in [0.25, 0.3) is 11.1 Å². The molecule has 1 unspecified atom stereocenters. The molecule has 0 amide bonds. The van der Waals surface area contributed by atoms with Crippen LogP contribution in [0.5, 0.6) is 11.5 Å². The minimum absolute atomic E-state index is 0.279. The van der Waals surface area contributed by atoms with E-state index in [0.717, 1.165) is 81.3 Å². The summed E-state index contributed by atoms with van der Waals surface area (Å²) in [6.07, 6.45) is 2.06. The number of hydrogen-bond acceptors (Lipinski definition) is 5. The van der Waals surface area contributed by atoms with E-state index < -0.39 is 0 Å². The lowest BCUT2D eigenvalue weighted by Gasteiger charge is -2.22. The van der Waals surface area contributed by atoms with Crippen molar-refractivity contribution in [2.45, 2.75) is 19.4 Å². The number of benzene rings is 2. The van der Waals surface area contributed by atoms with Crippen LogP contribution in [0.4, 0.5) is 4.39 Å². The molecule has 2 aromatic rings. The molecule has 5 nitrogen and oxygen atoms in total. The van der Waals surface area contributed by atoms with Crippen molar-refractivity contribution in [3.05, 3.63) is 47.8 Å². The van der Waals surface area contributed by atoms with Crippen LogP contribution in [-0.4, -0.2) is 58.1 Å². The normalized spacial score (nSPS) is 20.1. The number of halogens is 1. The zero-order valence-electron chi connectivity index (χ0n) is 17.6. The Hall–Kier alpha value is -2.15. The Morgan fingerprint density at radius 3 is 2.77 bits per heavy atom. The fraction of sp³-hybridized carbons (Fsp3) is 0.500. The number of methoxy groups -OCH3 is 1. The van der Waals surface area contributed by atoms with E-state index in [4.69, 9.17) is 18.9 Å². The van der Waals surface area contributed by atoms with E-state index in [1.54, 1.807) is 13.2 Å². The summed E-state index contributed by atoms with van der Waals surface area (Å²) in [7, 11) is 1.61. The molecule has 0 spiro atoms.